The SMILES string of the molecule is CC(CN)N1CCN(C(=O)c2ccc(F)c(F)c2)CC1. The zero-order valence-electron chi connectivity index (χ0n) is 11.5. The molecule has 1 unspecified atom stereocenters. The van der Waals surface area contributed by atoms with Crippen molar-refractivity contribution in [1.82, 2.24) is 9.80 Å². The molecular formula is C14H19F2N3O. The first-order valence-electron chi connectivity index (χ1n) is 6.71. The van der Waals surface area contributed by atoms with E-state index in [2.05, 4.69) is 4.90 Å². The normalized spacial score (nSPS) is 18.1. The fourth-order valence-electron chi connectivity index (χ4n) is 2.33. The average Bonchev–Trinajstić information content (AvgIpc) is 2.48. The number of amides is 1. The minimum atomic E-state index is -0.994. The number of hydrogen-bond donors (Lipinski definition) is 1. The number of halogens is 2. The minimum Gasteiger partial charge on any atom is -0.336 e. The van der Waals surface area contributed by atoms with Gasteiger partial charge in [-0.3, -0.25) is 9.69 Å². The molecule has 0 bridgehead atoms. The average molecular weight is 283 g/mol. The monoisotopic (exact) mass is 283 g/mol. The lowest BCUT2D eigenvalue weighted by atomic mass is 10.1. The third-order valence-corrected chi connectivity index (χ3v) is 3.73. The molecule has 110 valence electrons. The van der Waals surface area contributed by atoms with E-state index in [0.29, 0.717) is 19.6 Å². The van der Waals surface area contributed by atoms with Crippen LogP contribution in [-0.2, 0) is 0 Å². The molecule has 0 radical (unpaired) electrons. The molecule has 6 heteroatoms. The maximum Gasteiger partial charge on any atom is 0.254 e. The zero-order valence-corrected chi connectivity index (χ0v) is 11.5. The van der Waals surface area contributed by atoms with E-state index < -0.39 is 11.6 Å². The van der Waals surface area contributed by atoms with E-state index in [1.165, 1.54) is 6.07 Å². The summed E-state index contributed by atoms with van der Waals surface area (Å²) in [6.07, 6.45) is 0. The third-order valence-electron chi connectivity index (χ3n) is 3.73. The Hall–Kier alpha value is -1.53. The van der Waals surface area contributed by atoms with Crippen LogP contribution in [0.5, 0.6) is 0 Å². The first-order valence-corrected chi connectivity index (χ1v) is 6.71. The van der Waals surface area contributed by atoms with Crippen molar-refractivity contribution in [2.24, 2.45) is 5.73 Å². The molecule has 0 aromatic heterocycles. The number of carbonyl (C=O) groups excluding carboxylic acids is 1. The molecule has 1 atom stereocenters. The lowest BCUT2D eigenvalue weighted by molar-refractivity contribution is 0.0588. The summed E-state index contributed by atoms with van der Waals surface area (Å²) in [7, 11) is 0. The molecule has 1 aromatic carbocycles. The molecule has 1 amide bonds. The maximum atomic E-state index is 13.2. The fourth-order valence-corrected chi connectivity index (χ4v) is 2.33. The van der Waals surface area contributed by atoms with Crippen LogP contribution < -0.4 is 5.73 Å². The van der Waals surface area contributed by atoms with Gasteiger partial charge in [0.25, 0.3) is 5.91 Å². The number of benzene rings is 1. The molecule has 1 aliphatic rings. The molecule has 1 aromatic rings. The van der Waals surface area contributed by atoms with Crippen LogP contribution in [-0.4, -0.2) is 54.5 Å². The van der Waals surface area contributed by atoms with E-state index >= 15 is 0 Å². The van der Waals surface area contributed by atoms with E-state index in [1.54, 1.807) is 4.90 Å². The summed E-state index contributed by atoms with van der Waals surface area (Å²) in [5.74, 6) is -2.20. The Bertz CT molecular complexity index is 487. The Kier molecular flexibility index (Phi) is 4.67. The van der Waals surface area contributed by atoms with E-state index in [9.17, 15) is 13.6 Å². The van der Waals surface area contributed by atoms with Crippen molar-refractivity contribution < 1.29 is 13.6 Å². The Morgan fingerprint density at radius 1 is 1.25 bits per heavy atom. The Morgan fingerprint density at radius 3 is 2.45 bits per heavy atom. The van der Waals surface area contributed by atoms with Gasteiger partial charge in [0.15, 0.2) is 11.6 Å². The molecule has 1 heterocycles. The smallest absolute Gasteiger partial charge is 0.254 e. The standard InChI is InChI=1S/C14H19F2N3O/c1-10(9-17)18-4-6-19(7-5-18)14(20)11-2-3-12(15)13(16)8-11/h2-3,8,10H,4-7,9,17H2,1H3. The first-order chi connectivity index (χ1) is 9.52. The molecule has 20 heavy (non-hydrogen) atoms. The van der Waals surface area contributed by atoms with Gasteiger partial charge in [0.05, 0.1) is 0 Å². The molecule has 4 nitrogen and oxygen atoms in total. The van der Waals surface area contributed by atoms with Crippen LogP contribution in [0.2, 0.25) is 0 Å². The van der Waals surface area contributed by atoms with Gasteiger partial charge in [-0.05, 0) is 25.1 Å². The molecule has 1 aliphatic heterocycles. The molecule has 0 aliphatic carbocycles. The van der Waals surface area contributed by atoms with Gasteiger partial charge in [0, 0.05) is 44.3 Å². The van der Waals surface area contributed by atoms with Crippen molar-refractivity contribution >= 4 is 5.91 Å². The molecule has 1 saturated heterocycles. The highest BCUT2D eigenvalue weighted by Crippen LogP contribution is 2.13. The Morgan fingerprint density at radius 2 is 1.90 bits per heavy atom. The second kappa shape index (κ2) is 6.28. The van der Waals surface area contributed by atoms with Crippen molar-refractivity contribution in [3.63, 3.8) is 0 Å². The van der Waals surface area contributed by atoms with Gasteiger partial charge in [-0.15, -0.1) is 0 Å². The molecule has 1 fully saturated rings. The predicted molar refractivity (Wildman–Crippen MR) is 72.4 cm³/mol. The summed E-state index contributed by atoms with van der Waals surface area (Å²) < 4.78 is 26.0. The van der Waals surface area contributed by atoms with Crippen molar-refractivity contribution in [3.8, 4) is 0 Å². The topological polar surface area (TPSA) is 49.6 Å². The number of rotatable bonds is 3. The van der Waals surface area contributed by atoms with Crippen LogP contribution in [0.4, 0.5) is 8.78 Å². The van der Waals surface area contributed by atoms with Crippen molar-refractivity contribution in [3.05, 3.63) is 35.4 Å². The highest BCUT2D eigenvalue weighted by molar-refractivity contribution is 5.94. The van der Waals surface area contributed by atoms with Crippen molar-refractivity contribution in [1.29, 1.82) is 0 Å². The molecule has 2 rings (SSSR count). The predicted octanol–water partition coefficient (Wildman–Crippen LogP) is 1.07. The summed E-state index contributed by atoms with van der Waals surface area (Å²) in [6.45, 7) is 5.26. The van der Waals surface area contributed by atoms with Gasteiger partial charge >= 0.3 is 0 Å². The molecular weight excluding hydrogens is 264 g/mol. The fraction of sp³-hybridized carbons (Fsp3) is 0.500. The highest BCUT2D eigenvalue weighted by Gasteiger charge is 2.24. The number of nitrogens with zero attached hydrogens (tertiary/aromatic N) is 2. The second-order valence-corrected chi connectivity index (χ2v) is 5.04. The summed E-state index contributed by atoms with van der Waals surface area (Å²) in [4.78, 5) is 16.1. The number of carbonyl (C=O) groups is 1. The maximum absolute atomic E-state index is 13.2. The van der Waals surface area contributed by atoms with Gasteiger partial charge in [0.2, 0.25) is 0 Å². The quantitative estimate of drug-likeness (QED) is 0.903. The van der Waals surface area contributed by atoms with Gasteiger partial charge in [-0.25, -0.2) is 8.78 Å². The lowest BCUT2D eigenvalue weighted by Crippen LogP contribution is -2.52. The van der Waals surface area contributed by atoms with Gasteiger partial charge in [-0.1, -0.05) is 0 Å². The molecule has 0 saturated carbocycles. The van der Waals surface area contributed by atoms with E-state index in [0.717, 1.165) is 25.2 Å². The first kappa shape index (κ1) is 14.9. The van der Waals surface area contributed by atoms with E-state index in [1.807, 2.05) is 6.92 Å². The van der Waals surface area contributed by atoms with Crippen LogP contribution in [0.15, 0.2) is 18.2 Å². The molecule has 2 N–H and O–H groups in total. The second-order valence-electron chi connectivity index (χ2n) is 5.04. The zero-order chi connectivity index (χ0) is 14.7. The summed E-state index contributed by atoms with van der Waals surface area (Å²) >= 11 is 0. The summed E-state index contributed by atoms with van der Waals surface area (Å²) in [5, 5.41) is 0. The van der Waals surface area contributed by atoms with Crippen LogP contribution in [0.1, 0.15) is 17.3 Å². The number of nitrogens with two attached hydrogens (primary N) is 1. The van der Waals surface area contributed by atoms with Crippen molar-refractivity contribution in [2.45, 2.75) is 13.0 Å². The number of piperazine rings is 1. The van der Waals surface area contributed by atoms with Crippen molar-refractivity contribution in [2.75, 3.05) is 32.7 Å². The largest absolute Gasteiger partial charge is 0.336 e. The summed E-state index contributed by atoms with van der Waals surface area (Å²) in [6, 6.07) is 3.54. The third kappa shape index (κ3) is 3.13. The number of hydrogen-bond acceptors (Lipinski definition) is 3. The summed E-state index contributed by atoms with van der Waals surface area (Å²) in [5.41, 5.74) is 5.80. The van der Waals surface area contributed by atoms with Gasteiger partial charge in [-0.2, -0.15) is 0 Å². The van der Waals surface area contributed by atoms with E-state index in [4.69, 9.17) is 5.73 Å². The van der Waals surface area contributed by atoms with Crippen LogP contribution in [0, 0.1) is 11.6 Å². The van der Waals surface area contributed by atoms with Crippen LogP contribution in [0.3, 0.4) is 0 Å². The Balaban J connectivity index is 1.99. The Labute approximate surface area is 117 Å². The van der Waals surface area contributed by atoms with Gasteiger partial charge in [0.1, 0.15) is 0 Å². The lowest BCUT2D eigenvalue weighted by Gasteiger charge is -2.37. The highest BCUT2D eigenvalue weighted by atomic mass is 19.2. The van der Waals surface area contributed by atoms with Crippen LogP contribution in [0.25, 0.3) is 0 Å². The van der Waals surface area contributed by atoms with Crippen LogP contribution >= 0.6 is 0 Å². The molecule has 0 spiro atoms. The minimum absolute atomic E-state index is 0.184. The van der Waals surface area contributed by atoms with Gasteiger partial charge < -0.3 is 10.6 Å². The van der Waals surface area contributed by atoms with E-state index in [-0.39, 0.29) is 17.5 Å².